The van der Waals surface area contributed by atoms with Crippen LogP contribution in [0.15, 0.2) is 29.2 Å². The molecule has 4 rings (SSSR count). The number of amides is 1. The molecule has 0 saturated carbocycles. The fraction of sp³-hybridized carbons (Fsp3) is 0.444. The zero-order valence-corrected chi connectivity index (χ0v) is 15.2. The van der Waals surface area contributed by atoms with E-state index in [-0.39, 0.29) is 18.5 Å². The zero-order chi connectivity index (χ0) is 18.3. The van der Waals surface area contributed by atoms with Gasteiger partial charge in [0.05, 0.1) is 29.2 Å². The molecule has 0 aliphatic carbocycles. The molecule has 26 heavy (non-hydrogen) atoms. The van der Waals surface area contributed by atoms with E-state index in [4.69, 9.17) is 4.52 Å². The number of nitrogens with zero attached hydrogens (tertiary/aromatic N) is 6. The minimum Gasteiger partial charge on any atom is -0.356 e. The largest absolute Gasteiger partial charge is 0.356 e. The minimum absolute atomic E-state index is 0.0548. The highest BCUT2D eigenvalue weighted by Crippen LogP contribution is 2.37. The predicted octanol–water partition coefficient (Wildman–Crippen LogP) is 2.25. The van der Waals surface area contributed by atoms with Crippen LogP contribution in [0.25, 0.3) is 11.3 Å². The van der Waals surface area contributed by atoms with Gasteiger partial charge in [-0.3, -0.25) is 14.2 Å². The smallest absolute Gasteiger partial charge is 0.244 e. The molecule has 3 aromatic heterocycles. The van der Waals surface area contributed by atoms with E-state index in [2.05, 4.69) is 15.4 Å². The molecule has 0 bridgehead atoms. The maximum Gasteiger partial charge on any atom is 0.244 e. The summed E-state index contributed by atoms with van der Waals surface area (Å²) in [5.74, 6) is 0.744. The van der Waals surface area contributed by atoms with Crippen LogP contribution in [0, 0.1) is 13.8 Å². The Bertz CT molecular complexity index is 937. The van der Waals surface area contributed by atoms with Crippen LogP contribution in [-0.2, 0) is 18.4 Å². The first-order valence-corrected chi connectivity index (χ1v) is 8.77. The van der Waals surface area contributed by atoms with Crippen LogP contribution in [-0.4, -0.2) is 42.1 Å². The van der Waals surface area contributed by atoms with Crippen molar-refractivity contribution in [2.24, 2.45) is 7.05 Å². The SMILES string of the molecule is Cc1cnn(CC(=O)N2CCC[C@H]2c2nn(C)cc2-c2cc(C)no2)c1. The molecule has 0 N–H and O–H groups in total. The van der Waals surface area contributed by atoms with Crippen LogP contribution >= 0.6 is 0 Å². The Hall–Kier alpha value is -2.90. The van der Waals surface area contributed by atoms with Crippen LogP contribution in [0.4, 0.5) is 0 Å². The molecule has 1 aliphatic rings. The number of aryl methyl sites for hydroxylation is 3. The summed E-state index contributed by atoms with van der Waals surface area (Å²) in [4.78, 5) is 14.8. The van der Waals surface area contributed by atoms with Gasteiger partial charge >= 0.3 is 0 Å². The zero-order valence-electron chi connectivity index (χ0n) is 15.2. The molecule has 3 aromatic rings. The lowest BCUT2D eigenvalue weighted by Crippen LogP contribution is -2.34. The second-order valence-corrected chi connectivity index (χ2v) is 6.89. The van der Waals surface area contributed by atoms with E-state index in [1.165, 1.54) is 0 Å². The quantitative estimate of drug-likeness (QED) is 0.718. The fourth-order valence-electron chi connectivity index (χ4n) is 3.56. The summed E-state index contributed by atoms with van der Waals surface area (Å²) in [7, 11) is 1.88. The van der Waals surface area contributed by atoms with Gasteiger partial charge in [0.15, 0.2) is 5.76 Å². The van der Waals surface area contributed by atoms with E-state index in [1.54, 1.807) is 15.6 Å². The Morgan fingerprint density at radius 2 is 2.19 bits per heavy atom. The highest BCUT2D eigenvalue weighted by molar-refractivity contribution is 5.77. The lowest BCUT2D eigenvalue weighted by Gasteiger charge is -2.24. The first-order valence-electron chi connectivity index (χ1n) is 8.77. The normalized spacial score (nSPS) is 17.2. The van der Waals surface area contributed by atoms with E-state index in [0.29, 0.717) is 5.76 Å². The lowest BCUT2D eigenvalue weighted by molar-refractivity contribution is -0.133. The van der Waals surface area contributed by atoms with Gasteiger partial charge in [0.1, 0.15) is 6.54 Å². The summed E-state index contributed by atoms with van der Waals surface area (Å²) >= 11 is 0. The summed E-state index contributed by atoms with van der Waals surface area (Å²) in [5.41, 5.74) is 3.63. The Kier molecular flexibility index (Phi) is 4.10. The van der Waals surface area contributed by atoms with Crippen molar-refractivity contribution in [2.45, 2.75) is 39.3 Å². The monoisotopic (exact) mass is 354 g/mol. The van der Waals surface area contributed by atoms with E-state index < -0.39 is 0 Å². The van der Waals surface area contributed by atoms with Crippen LogP contribution in [0.3, 0.4) is 0 Å². The van der Waals surface area contributed by atoms with Gasteiger partial charge in [-0.15, -0.1) is 0 Å². The average Bonchev–Trinajstić information content (AvgIpc) is 3.34. The molecule has 0 radical (unpaired) electrons. The van der Waals surface area contributed by atoms with Gasteiger partial charge in [-0.05, 0) is 32.3 Å². The Morgan fingerprint density at radius 3 is 2.88 bits per heavy atom. The van der Waals surface area contributed by atoms with Crippen molar-refractivity contribution in [3.8, 4) is 11.3 Å². The Labute approximate surface area is 151 Å². The number of likely N-dealkylation sites (tertiary alicyclic amines) is 1. The number of carbonyl (C=O) groups is 1. The van der Waals surface area contributed by atoms with Gasteiger partial charge in [0, 0.05) is 32.1 Å². The summed E-state index contributed by atoms with van der Waals surface area (Å²) in [6.07, 6.45) is 7.42. The molecular weight excluding hydrogens is 332 g/mol. The van der Waals surface area contributed by atoms with Crippen molar-refractivity contribution >= 4 is 5.91 Å². The highest BCUT2D eigenvalue weighted by atomic mass is 16.5. The van der Waals surface area contributed by atoms with Gasteiger partial charge in [-0.25, -0.2) is 0 Å². The number of carbonyl (C=O) groups excluding carboxylic acids is 1. The van der Waals surface area contributed by atoms with Crippen LogP contribution in [0.2, 0.25) is 0 Å². The van der Waals surface area contributed by atoms with E-state index >= 15 is 0 Å². The number of aromatic nitrogens is 5. The summed E-state index contributed by atoms with van der Waals surface area (Å²) in [5, 5.41) is 12.8. The van der Waals surface area contributed by atoms with Gasteiger partial charge in [-0.1, -0.05) is 5.16 Å². The molecule has 136 valence electrons. The van der Waals surface area contributed by atoms with Crippen molar-refractivity contribution in [1.82, 2.24) is 29.6 Å². The van der Waals surface area contributed by atoms with Crippen LogP contribution < -0.4 is 0 Å². The molecule has 1 aliphatic heterocycles. The third-order valence-electron chi connectivity index (χ3n) is 4.70. The standard InChI is InChI=1S/C18H22N6O2/c1-12-8-19-23(9-12)11-17(25)24-6-4-5-15(24)18-14(10-22(3)20-18)16-7-13(2)21-26-16/h7-10,15H,4-6,11H2,1-3H3/t15-/m0/s1. The third kappa shape index (κ3) is 3.02. The average molecular weight is 354 g/mol. The molecule has 0 unspecified atom stereocenters. The van der Waals surface area contributed by atoms with Crippen LogP contribution in [0.1, 0.15) is 35.8 Å². The van der Waals surface area contributed by atoms with Crippen molar-refractivity contribution in [2.75, 3.05) is 6.54 Å². The second kappa shape index (κ2) is 6.44. The summed E-state index contributed by atoms with van der Waals surface area (Å²) in [6.45, 7) is 4.83. The van der Waals surface area contributed by atoms with Gasteiger partial charge in [0.25, 0.3) is 0 Å². The maximum absolute atomic E-state index is 12.9. The molecular formula is C18H22N6O2. The Morgan fingerprint density at radius 1 is 1.35 bits per heavy atom. The third-order valence-corrected chi connectivity index (χ3v) is 4.70. The lowest BCUT2D eigenvalue weighted by atomic mass is 10.1. The van der Waals surface area contributed by atoms with Crippen LogP contribution in [0.5, 0.6) is 0 Å². The summed E-state index contributed by atoms with van der Waals surface area (Å²) in [6, 6.07) is 1.84. The molecule has 8 nitrogen and oxygen atoms in total. The van der Waals surface area contributed by atoms with Crippen molar-refractivity contribution in [3.63, 3.8) is 0 Å². The summed E-state index contributed by atoms with van der Waals surface area (Å²) < 4.78 is 8.89. The molecule has 1 fully saturated rings. The van der Waals surface area contributed by atoms with Crippen molar-refractivity contribution < 1.29 is 9.32 Å². The molecule has 1 saturated heterocycles. The number of rotatable bonds is 4. The van der Waals surface area contributed by atoms with Crippen molar-refractivity contribution in [3.05, 3.63) is 41.6 Å². The highest BCUT2D eigenvalue weighted by Gasteiger charge is 2.34. The van der Waals surface area contributed by atoms with Crippen molar-refractivity contribution in [1.29, 1.82) is 0 Å². The topological polar surface area (TPSA) is 82.0 Å². The van der Waals surface area contributed by atoms with Gasteiger partial charge in [-0.2, -0.15) is 10.2 Å². The molecule has 1 amide bonds. The minimum atomic E-state index is -0.0548. The van der Waals surface area contributed by atoms with E-state index in [9.17, 15) is 4.79 Å². The van der Waals surface area contributed by atoms with E-state index in [1.807, 2.05) is 44.3 Å². The first kappa shape index (κ1) is 16.6. The van der Waals surface area contributed by atoms with Gasteiger partial charge < -0.3 is 9.42 Å². The number of hydrogen-bond donors (Lipinski definition) is 0. The maximum atomic E-state index is 12.9. The van der Waals surface area contributed by atoms with Gasteiger partial charge in [0.2, 0.25) is 5.91 Å². The van der Waals surface area contributed by atoms with E-state index in [0.717, 1.165) is 41.9 Å². The second-order valence-electron chi connectivity index (χ2n) is 6.89. The fourth-order valence-corrected chi connectivity index (χ4v) is 3.56. The molecule has 0 aromatic carbocycles. The Balaban J connectivity index is 1.61. The first-order chi connectivity index (χ1) is 12.5. The molecule has 4 heterocycles. The number of hydrogen-bond acceptors (Lipinski definition) is 5. The molecule has 0 spiro atoms. The molecule has 1 atom stereocenters. The predicted molar refractivity (Wildman–Crippen MR) is 94.1 cm³/mol. The molecule has 8 heteroatoms.